The van der Waals surface area contributed by atoms with Crippen molar-refractivity contribution in [1.82, 2.24) is 20.4 Å². The smallest absolute Gasteiger partial charge is 0.225 e. The second-order valence-corrected chi connectivity index (χ2v) is 8.11. The molecule has 0 aromatic carbocycles. The van der Waals surface area contributed by atoms with Gasteiger partial charge in [-0.2, -0.15) is 0 Å². The van der Waals surface area contributed by atoms with E-state index in [4.69, 9.17) is 0 Å². The quantitative estimate of drug-likeness (QED) is 0.354. The molecule has 1 aromatic rings. The van der Waals surface area contributed by atoms with Crippen LogP contribution in [0, 0.1) is 5.92 Å². The third kappa shape index (κ3) is 6.90. The summed E-state index contributed by atoms with van der Waals surface area (Å²) in [6, 6.07) is 4.19. The number of rotatable bonds is 6. The molecule has 2 N–H and O–H groups in total. The average molecular weight is 505 g/mol. The molecule has 1 aliphatic carbocycles. The van der Waals surface area contributed by atoms with Gasteiger partial charge >= 0.3 is 0 Å². The van der Waals surface area contributed by atoms with Crippen LogP contribution in [0.15, 0.2) is 22.5 Å². The maximum absolute atomic E-state index is 12.5. The number of carbonyl (C=O) groups is 1. The summed E-state index contributed by atoms with van der Waals surface area (Å²) in [7, 11) is 1.80. The Kier molecular flexibility index (Phi) is 9.84. The lowest BCUT2D eigenvalue weighted by atomic mass is 10.1. The molecular formula is C19H32IN5OS. The molecule has 1 aliphatic heterocycles. The molecule has 152 valence electrons. The average Bonchev–Trinajstić information content (AvgIpc) is 3.38. The zero-order valence-electron chi connectivity index (χ0n) is 16.2. The van der Waals surface area contributed by atoms with E-state index >= 15 is 0 Å². The molecule has 8 heteroatoms. The minimum absolute atomic E-state index is 0. The third-order valence-electron chi connectivity index (χ3n) is 5.34. The summed E-state index contributed by atoms with van der Waals surface area (Å²) in [5, 5.41) is 8.81. The Morgan fingerprint density at radius 2 is 1.96 bits per heavy atom. The summed E-state index contributed by atoms with van der Waals surface area (Å²) in [5.74, 6) is 1.55. The minimum Gasteiger partial charge on any atom is -0.355 e. The fourth-order valence-electron chi connectivity index (χ4n) is 3.76. The van der Waals surface area contributed by atoms with Crippen LogP contribution < -0.4 is 10.6 Å². The highest BCUT2D eigenvalue weighted by Crippen LogP contribution is 2.26. The van der Waals surface area contributed by atoms with E-state index in [1.807, 2.05) is 0 Å². The Morgan fingerprint density at radius 1 is 1.22 bits per heavy atom. The van der Waals surface area contributed by atoms with Crippen LogP contribution in [-0.4, -0.2) is 68.0 Å². The molecule has 0 unspecified atom stereocenters. The molecule has 1 aromatic heterocycles. The molecule has 1 saturated heterocycles. The van der Waals surface area contributed by atoms with Gasteiger partial charge in [0, 0.05) is 57.1 Å². The number of thiophene rings is 1. The van der Waals surface area contributed by atoms with Crippen LogP contribution in [0.2, 0.25) is 0 Å². The van der Waals surface area contributed by atoms with Gasteiger partial charge in [-0.05, 0) is 24.3 Å². The van der Waals surface area contributed by atoms with Crippen molar-refractivity contribution in [2.45, 2.75) is 32.2 Å². The standard InChI is InChI=1S/C19H31N5OS.HI/c1-20-19(22-15-17-7-4-14-26-17)21-8-9-23-10-12-24(13-11-23)18(25)16-5-2-3-6-16;/h4,7,14,16H,2-3,5-6,8-13,15H2,1H3,(H2,20,21,22);1H. The number of nitrogens with zero attached hydrogens (tertiary/aromatic N) is 3. The number of nitrogens with one attached hydrogen (secondary N) is 2. The van der Waals surface area contributed by atoms with E-state index in [0.717, 1.165) is 64.6 Å². The van der Waals surface area contributed by atoms with Crippen LogP contribution in [-0.2, 0) is 11.3 Å². The van der Waals surface area contributed by atoms with Gasteiger partial charge in [0.05, 0.1) is 6.54 Å². The van der Waals surface area contributed by atoms with Crippen LogP contribution in [0.5, 0.6) is 0 Å². The Labute approximate surface area is 183 Å². The van der Waals surface area contributed by atoms with Gasteiger partial charge < -0.3 is 15.5 Å². The van der Waals surface area contributed by atoms with E-state index in [9.17, 15) is 4.79 Å². The summed E-state index contributed by atoms with van der Waals surface area (Å²) in [4.78, 5) is 22.6. The van der Waals surface area contributed by atoms with Crippen LogP contribution >= 0.6 is 35.3 Å². The molecule has 0 bridgehead atoms. The first kappa shape index (κ1) is 22.4. The number of guanidine groups is 1. The molecule has 0 atom stereocenters. The summed E-state index contributed by atoms with van der Waals surface area (Å²) in [6.07, 6.45) is 4.65. The van der Waals surface area contributed by atoms with E-state index in [-0.39, 0.29) is 24.0 Å². The Balaban J connectivity index is 0.00000261. The summed E-state index contributed by atoms with van der Waals surface area (Å²) >= 11 is 1.75. The molecule has 6 nitrogen and oxygen atoms in total. The summed E-state index contributed by atoms with van der Waals surface area (Å²) < 4.78 is 0. The van der Waals surface area contributed by atoms with Crippen molar-refractivity contribution in [3.63, 3.8) is 0 Å². The normalized spacial score (nSPS) is 19.0. The lowest BCUT2D eigenvalue weighted by Crippen LogP contribution is -2.51. The van der Waals surface area contributed by atoms with Gasteiger partial charge in [0.25, 0.3) is 0 Å². The monoisotopic (exact) mass is 505 g/mol. The molecule has 1 saturated carbocycles. The highest BCUT2D eigenvalue weighted by Gasteiger charge is 2.29. The van der Waals surface area contributed by atoms with Crippen molar-refractivity contribution in [3.8, 4) is 0 Å². The van der Waals surface area contributed by atoms with E-state index in [0.29, 0.717) is 11.8 Å². The van der Waals surface area contributed by atoms with Gasteiger partial charge in [-0.3, -0.25) is 14.7 Å². The van der Waals surface area contributed by atoms with Crippen molar-refractivity contribution in [2.75, 3.05) is 46.3 Å². The lowest BCUT2D eigenvalue weighted by Gasteiger charge is -2.36. The zero-order chi connectivity index (χ0) is 18.2. The predicted octanol–water partition coefficient (Wildman–Crippen LogP) is 2.37. The van der Waals surface area contributed by atoms with Crippen LogP contribution in [0.3, 0.4) is 0 Å². The summed E-state index contributed by atoms with van der Waals surface area (Å²) in [6.45, 7) is 6.34. The second kappa shape index (κ2) is 11.9. The fraction of sp³-hybridized carbons (Fsp3) is 0.684. The second-order valence-electron chi connectivity index (χ2n) is 7.08. The first-order valence-electron chi connectivity index (χ1n) is 9.74. The Bertz CT molecular complexity index is 581. The Morgan fingerprint density at radius 3 is 2.59 bits per heavy atom. The first-order valence-corrected chi connectivity index (χ1v) is 10.6. The van der Waals surface area contributed by atoms with E-state index in [1.165, 1.54) is 17.7 Å². The summed E-state index contributed by atoms with van der Waals surface area (Å²) in [5.41, 5.74) is 0. The van der Waals surface area contributed by atoms with Gasteiger partial charge in [-0.15, -0.1) is 35.3 Å². The maximum atomic E-state index is 12.5. The van der Waals surface area contributed by atoms with Gasteiger partial charge in [-0.25, -0.2) is 0 Å². The number of aliphatic imine (C=N–C) groups is 1. The van der Waals surface area contributed by atoms with Crippen molar-refractivity contribution in [3.05, 3.63) is 22.4 Å². The van der Waals surface area contributed by atoms with E-state index < -0.39 is 0 Å². The zero-order valence-corrected chi connectivity index (χ0v) is 19.3. The highest BCUT2D eigenvalue weighted by atomic mass is 127. The van der Waals surface area contributed by atoms with Gasteiger partial charge in [-0.1, -0.05) is 18.9 Å². The minimum atomic E-state index is 0. The molecule has 1 amide bonds. The predicted molar refractivity (Wildman–Crippen MR) is 123 cm³/mol. The number of hydrogen-bond acceptors (Lipinski definition) is 4. The van der Waals surface area contributed by atoms with E-state index in [1.54, 1.807) is 18.4 Å². The SMILES string of the molecule is CN=C(NCCN1CCN(C(=O)C2CCCC2)CC1)NCc1cccs1.I. The molecule has 27 heavy (non-hydrogen) atoms. The van der Waals surface area contributed by atoms with Crippen molar-refractivity contribution in [2.24, 2.45) is 10.9 Å². The molecule has 2 fully saturated rings. The van der Waals surface area contributed by atoms with Gasteiger partial charge in [0.2, 0.25) is 5.91 Å². The molecule has 0 radical (unpaired) electrons. The third-order valence-corrected chi connectivity index (χ3v) is 6.22. The van der Waals surface area contributed by atoms with Crippen LogP contribution in [0.25, 0.3) is 0 Å². The van der Waals surface area contributed by atoms with Crippen LogP contribution in [0.4, 0.5) is 0 Å². The number of carbonyl (C=O) groups excluding carboxylic acids is 1. The van der Waals surface area contributed by atoms with Crippen LogP contribution in [0.1, 0.15) is 30.6 Å². The molecule has 0 spiro atoms. The molecule has 2 heterocycles. The first-order chi connectivity index (χ1) is 12.8. The highest BCUT2D eigenvalue weighted by molar-refractivity contribution is 14.0. The van der Waals surface area contributed by atoms with Gasteiger partial charge in [0.1, 0.15) is 0 Å². The van der Waals surface area contributed by atoms with Crippen molar-refractivity contribution >= 4 is 47.2 Å². The number of halogens is 1. The maximum Gasteiger partial charge on any atom is 0.225 e. The number of piperazine rings is 1. The lowest BCUT2D eigenvalue weighted by molar-refractivity contribution is -0.137. The molecule has 3 rings (SSSR count). The fourth-order valence-corrected chi connectivity index (χ4v) is 4.40. The largest absolute Gasteiger partial charge is 0.355 e. The van der Waals surface area contributed by atoms with Crippen molar-refractivity contribution < 1.29 is 4.79 Å². The van der Waals surface area contributed by atoms with Gasteiger partial charge in [0.15, 0.2) is 5.96 Å². The van der Waals surface area contributed by atoms with E-state index in [2.05, 4.69) is 42.9 Å². The topological polar surface area (TPSA) is 60.0 Å². The van der Waals surface area contributed by atoms with Crippen molar-refractivity contribution in [1.29, 1.82) is 0 Å². The number of amides is 1. The molecule has 2 aliphatic rings. The number of hydrogen-bond donors (Lipinski definition) is 2. The molecular weight excluding hydrogens is 473 g/mol. The Hall–Kier alpha value is -0.870.